The third-order valence-electron chi connectivity index (χ3n) is 4.49. The summed E-state index contributed by atoms with van der Waals surface area (Å²) in [7, 11) is 0. The molecule has 8 nitrogen and oxygen atoms in total. The van der Waals surface area contributed by atoms with E-state index in [9.17, 15) is 19.8 Å². The molecule has 2 rings (SSSR count). The molecule has 0 aliphatic carbocycles. The summed E-state index contributed by atoms with van der Waals surface area (Å²) in [5.41, 5.74) is -3.29. The van der Waals surface area contributed by atoms with E-state index in [-0.39, 0.29) is 32.8 Å². The second-order valence-electron chi connectivity index (χ2n) is 9.14. The number of β-amino-alcohol motifs (C(OH)–C–C–N with tert-alkyl or cyclic N) is 1. The van der Waals surface area contributed by atoms with Gasteiger partial charge >= 0.3 is 12.2 Å². The predicted octanol–water partition coefficient (Wildman–Crippen LogP) is 1.20. The van der Waals surface area contributed by atoms with Crippen molar-refractivity contribution in [3.63, 3.8) is 0 Å². The number of nitrogens with zero attached hydrogens (tertiary/aromatic N) is 2. The van der Waals surface area contributed by atoms with Gasteiger partial charge in [0.25, 0.3) is 0 Å². The molecule has 2 fully saturated rings. The lowest BCUT2D eigenvalue weighted by Gasteiger charge is -2.62. The van der Waals surface area contributed by atoms with Gasteiger partial charge in [-0.05, 0) is 41.5 Å². The molecule has 0 unspecified atom stereocenters. The number of carbonyl (C=O) groups is 2. The summed E-state index contributed by atoms with van der Waals surface area (Å²) >= 11 is 0. The molecular weight excluding hydrogens is 328 g/mol. The molecule has 0 bridgehead atoms. The van der Waals surface area contributed by atoms with Crippen molar-refractivity contribution in [3.05, 3.63) is 0 Å². The fourth-order valence-corrected chi connectivity index (χ4v) is 3.06. The van der Waals surface area contributed by atoms with Crippen LogP contribution < -0.4 is 0 Å². The van der Waals surface area contributed by atoms with Crippen LogP contribution in [0, 0.1) is 5.41 Å². The smallest absolute Gasteiger partial charge is 0.410 e. The minimum absolute atomic E-state index is 0.0740. The van der Waals surface area contributed by atoms with Crippen LogP contribution in [0.1, 0.15) is 41.5 Å². The summed E-state index contributed by atoms with van der Waals surface area (Å²) in [4.78, 5) is 26.9. The number of amides is 2. The highest BCUT2D eigenvalue weighted by Gasteiger charge is 2.64. The fraction of sp³-hybridized carbons (Fsp3) is 0.882. The van der Waals surface area contributed by atoms with E-state index in [0.29, 0.717) is 0 Å². The molecule has 8 heteroatoms. The summed E-state index contributed by atoms with van der Waals surface area (Å²) in [5.74, 6) is 0. The number of ether oxygens (including phenoxy) is 2. The van der Waals surface area contributed by atoms with Gasteiger partial charge in [-0.25, -0.2) is 9.59 Å². The monoisotopic (exact) mass is 358 g/mol. The fourth-order valence-electron chi connectivity index (χ4n) is 3.06. The van der Waals surface area contributed by atoms with Gasteiger partial charge in [0.1, 0.15) is 16.8 Å². The van der Waals surface area contributed by atoms with Gasteiger partial charge < -0.3 is 29.5 Å². The number of carbonyl (C=O) groups excluding carboxylic acids is 2. The minimum atomic E-state index is -1.24. The summed E-state index contributed by atoms with van der Waals surface area (Å²) in [6.45, 7) is 10.9. The first-order valence-corrected chi connectivity index (χ1v) is 8.49. The molecular formula is C17H30N2O6. The molecule has 0 saturated carbocycles. The third-order valence-corrected chi connectivity index (χ3v) is 4.49. The number of aliphatic hydroxyl groups excluding tert-OH is 1. The van der Waals surface area contributed by atoms with E-state index in [4.69, 9.17) is 9.47 Å². The number of aliphatic hydroxyl groups is 2. The Morgan fingerprint density at radius 1 is 0.880 bits per heavy atom. The van der Waals surface area contributed by atoms with E-state index in [1.165, 1.54) is 9.80 Å². The van der Waals surface area contributed by atoms with Gasteiger partial charge in [-0.1, -0.05) is 0 Å². The summed E-state index contributed by atoms with van der Waals surface area (Å²) in [6, 6.07) is 0. The number of hydrogen-bond donors (Lipinski definition) is 2. The van der Waals surface area contributed by atoms with Crippen LogP contribution in [0.4, 0.5) is 9.59 Å². The van der Waals surface area contributed by atoms with Crippen LogP contribution in [-0.4, -0.2) is 81.8 Å². The maximum atomic E-state index is 12.1. The van der Waals surface area contributed by atoms with Gasteiger partial charge in [0.15, 0.2) is 0 Å². The predicted molar refractivity (Wildman–Crippen MR) is 90.1 cm³/mol. The van der Waals surface area contributed by atoms with Crippen molar-refractivity contribution in [3.8, 4) is 0 Å². The lowest BCUT2D eigenvalue weighted by Crippen LogP contribution is -2.80. The molecule has 2 N–H and O–H groups in total. The Kier molecular flexibility index (Phi) is 4.76. The molecule has 2 saturated heterocycles. The molecule has 2 aliphatic rings. The van der Waals surface area contributed by atoms with Gasteiger partial charge in [0.2, 0.25) is 0 Å². The van der Waals surface area contributed by atoms with Crippen molar-refractivity contribution < 1.29 is 29.3 Å². The highest BCUT2D eigenvalue weighted by Crippen LogP contribution is 2.46. The Hall–Kier alpha value is -1.54. The largest absolute Gasteiger partial charge is 0.444 e. The van der Waals surface area contributed by atoms with Gasteiger partial charge in [-0.15, -0.1) is 0 Å². The number of likely N-dealkylation sites (tertiary alicyclic amines) is 2. The van der Waals surface area contributed by atoms with Crippen molar-refractivity contribution in [2.75, 3.05) is 32.8 Å². The van der Waals surface area contributed by atoms with E-state index in [1.54, 1.807) is 41.5 Å². The number of rotatable bonds is 2. The quantitative estimate of drug-likeness (QED) is 0.769. The molecule has 2 heterocycles. The molecule has 144 valence electrons. The first-order chi connectivity index (χ1) is 11.2. The maximum Gasteiger partial charge on any atom is 0.410 e. The molecule has 0 aromatic rings. The molecule has 0 atom stereocenters. The van der Waals surface area contributed by atoms with Crippen molar-refractivity contribution in [1.29, 1.82) is 0 Å². The van der Waals surface area contributed by atoms with E-state index in [0.717, 1.165) is 0 Å². The zero-order valence-corrected chi connectivity index (χ0v) is 16.0. The average Bonchev–Trinajstić information content (AvgIpc) is 2.30. The van der Waals surface area contributed by atoms with E-state index in [2.05, 4.69) is 0 Å². The molecule has 2 aliphatic heterocycles. The SMILES string of the molecule is CC(C)(C)OC(=O)N1CC(O)(C2(CO)CN(C(=O)OC(C)(C)C)C2)C1. The molecule has 0 aromatic carbocycles. The van der Waals surface area contributed by atoms with Crippen LogP contribution in [0.3, 0.4) is 0 Å². The van der Waals surface area contributed by atoms with Crippen LogP contribution in [0.5, 0.6) is 0 Å². The average molecular weight is 358 g/mol. The molecule has 0 aromatic heterocycles. The van der Waals surface area contributed by atoms with E-state index < -0.39 is 34.4 Å². The van der Waals surface area contributed by atoms with E-state index >= 15 is 0 Å². The van der Waals surface area contributed by atoms with Gasteiger partial charge in [-0.3, -0.25) is 0 Å². The number of hydrogen-bond acceptors (Lipinski definition) is 6. The van der Waals surface area contributed by atoms with Crippen LogP contribution in [0.15, 0.2) is 0 Å². The zero-order valence-electron chi connectivity index (χ0n) is 16.0. The van der Waals surface area contributed by atoms with Crippen molar-refractivity contribution in [2.24, 2.45) is 5.41 Å². The Labute approximate surface area is 148 Å². The van der Waals surface area contributed by atoms with Gasteiger partial charge in [0.05, 0.1) is 25.1 Å². The first kappa shape index (κ1) is 19.8. The van der Waals surface area contributed by atoms with Gasteiger partial charge in [-0.2, -0.15) is 0 Å². The summed E-state index contributed by atoms with van der Waals surface area (Å²) in [5, 5.41) is 20.6. The van der Waals surface area contributed by atoms with Crippen LogP contribution in [0.25, 0.3) is 0 Å². The van der Waals surface area contributed by atoms with Crippen LogP contribution >= 0.6 is 0 Å². The highest BCUT2D eigenvalue weighted by molar-refractivity contribution is 5.71. The van der Waals surface area contributed by atoms with Crippen LogP contribution in [-0.2, 0) is 9.47 Å². The van der Waals surface area contributed by atoms with Crippen LogP contribution in [0.2, 0.25) is 0 Å². The Bertz CT molecular complexity index is 536. The van der Waals surface area contributed by atoms with Crippen molar-refractivity contribution in [2.45, 2.75) is 58.3 Å². The standard InChI is InChI=1S/C17H30N2O6/c1-14(2,3)24-12(21)18-7-16(8-18,11-20)17(23)9-19(10-17)13(22)25-15(4,5)6/h20,23H,7-11H2,1-6H3. The zero-order chi connectivity index (χ0) is 19.3. The highest BCUT2D eigenvalue weighted by atomic mass is 16.6. The Morgan fingerprint density at radius 2 is 1.24 bits per heavy atom. The minimum Gasteiger partial charge on any atom is -0.444 e. The Morgan fingerprint density at radius 3 is 1.56 bits per heavy atom. The molecule has 2 amide bonds. The van der Waals surface area contributed by atoms with Crippen molar-refractivity contribution >= 4 is 12.2 Å². The van der Waals surface area contributed by atoms with Gasteiger partial charge in [0, 0.05) is 13.1 Å². The van der Waals surface area contributed by atoms with Crippen molar-refractivity contribution in [1.82, 2.24) is 9.80 Å². The third kappa shape index (κ3) is 4.00. The topological polar surface area (TPSA) is 99.5 Å². The second kappa shape index (κ2) is 6.02. The normalized spacial score (nSPS) is 21.9. The first-order valence-electron chi connectivity index (χ1n) is 8.49. The molecule has 0 radical (unpaired) electrons. The molecule has 25 heavy (non-hydrogen) atoms. The summed E-state index contributed by atoms with van der Waals surface area (Å²) in [6.07, 6.45) is -0.961. The van der Waals surface area contributed by atoms with E-state index in [1.807, 2.05) is 0 Å². The Balaban J connectivity index is 1.93. The lowest BCUT2D eigenvalue weighted by molar-refractivity contribution is -0.228. The second-order valence-corrected chi connectivity index (χ2v) is 9.14. The maximum absolute atomic E-state index is 12.1. The lowest BCUT2D eigenvalue weighted by atomic mass is 9.63. The molecule has 0 spiro atoms. The summed E-state index contributed by atoms with van der Waals surface area (Å²) < 4.78 is 10.6.